The predicted octanol–water partition coefficient (Wildman–Crippen LogP) is 5.35. The lowest BCUT2D eigenvalue weighted by atomic mass is 10.0. The number of rotatable bonds is 7. The number of hydrogen-bond acceptors (Lipinski definition) is 3. The third-order valence-corrected chi connectivity index (χ3v) is 6.92. The maximum Gasteiger partial charge on any atom is 0.224 e. The monoisotopic (exact) mass is 475 g/mol. The van der Waals surface area contributed by atoms with Crippen molar-refractivity contribution in [1.29, 1.82) is 0 Å². The van der Waals surface area contributed by atoms with Crippen LogP contribution in [0.3, 0.4) is 0 Å². The van der Waals surface area contributed by atoms with Crippen molar-refractivity contribution in [2.24, 2.45) is 0 Å². The third kappa shape index (κ3) is 5.34. The molecule has 1 amide bonds. The number of carbonyl (C=O) groups is 1. The van der Waals surface area contributed by atoms with Crippen LogP contribution >= 0.6 is 0 Å². The molecule has 6 heteroatoms. The molecule has 0 bridgehead atoms. The van der Waals surface area contributed by atoms with Crippen LogP contribution in [-0.2, 0) is 22.0 Å². The standard InChI is InChI=1S/C28H26FNO3S/c1-18-25(15-20-5-10-23(11-6-20)34(2)33)24-12-7-21(29)16-27(24)26(18)17-28(32)30-14-13-19-3-8-22(31)9-4-19/h3-12,15-16,31H,13-14,17H2,1-2H3,(H,30,32)/b25-15+/t34-/m1/s1. The number of hydrogen-bond donors (Lipinski definition) is 2. The summed E-state index contributed by atoms with van der Waals surface area (Å²) in [4.78, 5) is 13.5. The summed E-state index contributed by atoms with van der Waals surface area (Å²) in [5.74, 6) is -0.255. The second-order valence-corrected chi connectivity index (χ2v) is 9.70. The van der Waals surface area contributed by atoms with Gasteiger partial charge >= 0.3 is 0 Å². The van der Waals surface area contributed by atoms with Crippen LogP contribution in [0.4, 0.5) is 4.39 Å². The lowest BCUT2D eigenvalue weighted by Crippen LogP contribution is -2.25. The maximum atomic E-state index is 14.1. The van der Waals surface area contributed by atoms with E-state index in [2.05, 4.69) is 5.32 Å². The van der Waals surface area contributed by atoms with Crippen LogP contribution in [-0.4, -0.2) is 28.0 Å². The summed E-state index contributed by atoms with van der Waals surface area (Å²) in [6, 6.07) is 19.1. The summed E-state index contributed by atoms with van der Waals surface area (Å²) >= 11 is 0. The van der Waals surface area contributed by atoms with Crippen molar-refractivity contribution in [3.8, 4) is 5.75 Å². The van der Waals surface area contributed by atoms with E-state index in [9.17, 15) is 18.5 Å². The van der Waals surface area contributed by atoms with E-state index in [1.54, 1.807) is 24.5 Å². The van der Waals surface area contributed by atoms with Crippen LogP contribution in [0.2, 0.25) is 0 Å². The van der Waals surface area contributed by atoms with Crippen molar-refractivity contribution in [3.05, 3.63) is 100 Å². The molecule has 3 aromatic rings. The van der Waals surface area contributed by atoms with Crippen molar-refractivity contribution >= 4 is 33.9 Å². The molecular formula is C28H26FNO3S. The molecule has 0 aromatic heterocycles. The first-order chi connectivity index (χ1) is 16.3. The van der Waals surface area contributed by atoms with Gasteiger partial charge in [0.05, 0.1) is 6.42 Å². The molecule has 34 heavy (non-hydrogen) atoms. The van der Waals surface area contributed by atoms with Crippen LogP contribution in [0.5, 0.6) is 5.75 Å². The number of nitrogens with one attached hydrogen (secondary N) is 1. The Morgan fingerprint density at radius 1 is 1.03 bits per heavy atom. The highest BCUT2D eigenvalue weighted by atomic mass is 32.2. The van der Waals surface area contributed by atoms with Crippen molar-refractivity contribution in [1.82, 2.24) is 5.32 Å². The lowest BCUT2D eigenvalue weighted by Gasteiger charge is -2.08. The molecule has 1 aliphatic carbocycles. The molecule has 4 nitrogen and oxygen atoms in total. The molecule has 0 unspecified atom stereocenters. The van der Waals surface area contributed by atoms with E-state index >= 15 is 0 Å². The predicted molar refractivity (Wildman–Crippen MR) is 135 cm³/mol. The average molecular weight is 476 g/mol. The smallest absolute Gasteiger partial charge is 0.224 e. The molecule has 2 N–H and O–H groups in total. The van der Waals surface area contributed by atoms with Crippen LogP contribution in [0.15, 0.2) is 77.2 Å². The van der Waals surface area contributed by atoms with Crippen molar-refractivity contribution in [2.45, 2.75) is 24.7 Å². The molecule has 0 saturated carbocycles. The molecule has 0 aliphatic heterocycles. The Bertz CT molecular complexity index is 1310. The van der Waals surface area contributed by atoms with Crippen molar-refractivity contribution in [3.63, 3.8) is 0 Å². The van der Waals surface area contributed by atoms with Gasteiger partial charge in [0, 0.05) is 28.5 Å². The largest absolute Gasteiger partial charge is 0.508 e. The third-order valence-electron chi connectivity index (χ3n) is 5.99. The molecule has 174 valence electrons. The second kappa shape index (κ2) is 10.2. The Kier molecular flexibility index (Phi) is 7.08. The van der Waals surface area contributed by atoms with Gasteiger partial charge in [0.25, 0.3) is 0 Å². The van der Waals surface area contributed by atoms with Crippen LogP contribution in [0, 0.1) is 5.82 Å². The van der Waals surface area contributed by atoms with E-state index in [0.717, 1.165) is 43.9 Å². The van der Waals surface area contributed by atoms with Gasteiger partial charge in [-0.05, 0) is 94.8 Å². The van der Waals surface area contributed by atoms with Gasteiger partial charge in [-0.25, -0.2) is 4.39 Å². The number of phenolic OH excluding ortho intramolecular Hbond substituents is 1. The minimum atomic E-state index is -1.04. The first kappa shape index (κ1) is 23.6. The number of aromatic hydroxyl groups is 1. The topological polar surface area (TPSA) is 66.4 Å². The Labute approximate surface area is 201 Å². The van der Waals surface area contributed by atoms with E-state index < -0.39 is 10.8 Å². The van der Waals surface area contributed by atoms with Gasteiger partial charge in [-0.3, -0.25) is 9.00 Å². The fourth-order valence-electron chi connectivity index (χ4n) is 4.14. The number of allylic oxidation sites excluding steroid dienone is 2. The minimum absolute atomic E-state index is 0.126. The number of fused-ring (bicyclic) bond motifs is 1. The fourth-order valence-corrected chi connectivity index (χ4v) is 4.66. The van der Waals surface area contributed by atoms with Gasteiger partial charge in [0.2, 0.25) is 5.91 Å². The van der Waals surface area contributed by atoms with Crippen LogP contribution in [0.1, 0.15) is 35.6 Å². The summed E-state index contributed by atoms with van der Waals surface area (Å²) in [5, 5.41) is 12.3. The average Bonchev–Trinajstić information content (AvgIpc) is 3.06. The van der Waals surface area contributed by atoms with Crippen molar-refractivity contribution < 1.29 is 18.5 Å². The first-order valence-electron chi connectivity index (χ1n) is 11.0. The quantitative estimate of drug-likeness (QED) is 0.484. The lowest BCUT2D eigenvalue weighted by molar-refractivity contribution is -0.120. The van der Waals surface area contributed by atoms with Gasteiger partial charge in [0.1, 0.15) is 11.6 Å². The van der Waals surface area contributed by atoms with Crippen molar-refractivity contribution in [2.75, 3.05) is 12.8 Å². The highest BCUT2D eigenvalue weighted by molar-refractivity contribution is 7.84. The van der Waals surface area contributed by atoms with E-state index in [-0.39, 0.29) is 23.9 Å². The molecule has 0 saturated heterocycles. The Hall–Kier alpha value is -3.51. The van der Waals surface area contributed by atoms with Gasteiger partial charge in [-0.2, -0.15) is 0 Å². The molecule has 4 rings (SSSR count). The summed E-state index contributed by atoms with van der Waals surface area (Å²) in [6.07, 6.45) is 4.47. The molecule has 3 aromatic carbocycles. The zero-order valence-electron chi connectivity index (χ0n) is 19.1. The van der Waals surface area contributed by atoms with Crippen LogP contribution in [0.25, 0.3) is 17.2 Å². The molecule has 0 fully saturated rings. The Morgan fingerprint density at radius 3 is 2.41 bits per heavy atom. The number of phenols is 1. The molecule has 0 spiro atoms. The molecule has 1 atom stereocenters. The highest BCUT2D eigenvalue weighted by Crippen LogP contribution is 2.43. The second-order valence-electron chi connectivity index (χ2n) is 8.32. The molecular weight excluding hydrogens is 449 g/mol. The molecule has 0 radical (unpaired) electrons. The Balaban J connectivity index is 1.54. The van der Waals surface area contributed by atoms with Gasteiger partial charge < -0.3 is 10.4 Å². The number of carbonyl (C=O) groups excluding carboxylic acids is 1. The normalized spacial score (nSPS) is 14.9. The summed E-state index contributed by atoms with van der Waals surface area (Å²) in [7, 11) is -1.04. The van der Waals surface area contributed by atoms with Gasteiger partial charge in [0.15, 0.2) is 0 Å². The zero-order valence-corrected chi connectivity index (χ0v) is 19.9. The number of benzene rings is 3. The summed E-state index contributed by atoms with van der Waals surface area (Å²) in [5.41, 5.74) is 6.31. The zero-order chi connectivity index (χ0) is 24.2. The van der Waals surface area contributed by atoms with Gasteiger partial charge in [-0.1, -0.05) is 30.3 Å². The van der Waals surface area contributed by atoms with E-state index in [1.165, 1.54) is 12.1 Å². The number of amides is 1. The van der Waals surface area contributed by atoms with Crippen LogP contribution < -0.4 is 5.32 Å². The number of halogens is 1. The SMILES string of the molecule is CC1=C(CC(=O)NCCc2ccc(O)cc2)c2cc(F)ccc2/C1=C/c1ccc([S@@](C)=O)cc1. The van der Waals surface area contributed by atoms with E-state index in [4.69, 9.17) is 0 Å². The summed E-state index contributed by atoms with van der Waals surface area (Å²) < 4.78 is 25.8. The Morgan fingerprint density at radius 2 is 1.74 bits per heavy atom. The fraction of sp³-hybridized carbons (Fsp3) is 0.179. The first-order valence-corrected chi connectivity index (χ1v) is 12.6. The molecule has 0 heterocycles. The van der Waals surface area contributed by atoms with E-state index in [0.29, 0.717) is 13.0 Å². The minimum Gasteiger partial charge on any atom is -0.508 e. The molecule has 1 aliphatic rings. The maximum absolute atomic E-state index is 14.1. The van der Waals surface area contributed by atoms with E-state index in [1.807, 2.05) is 49.4 Å². The summed E-state index contributed by atoms with van der Waals surface area (Å²) in [6.45, 7) is 2.43. The van der Waals surface area contributed by atoms with Gasteiger partial charge in [-0.15, -0.1) is 0 Å². The highest BCUT2D eigenvalue weighted by Gasteiger charge is 2.25.